The highest BCUT2D eigenvalue weighted by atomic mass is 16.2. The van der Waals surface area contributed by atoms with Gasteiger partial charge < -0.3 is 10.2 Å². The van der Waals surface area contributed by atoms with Gasteiger partial charge >= 0.3 is 0 Å². The summed E-state index contributed by atoms with van der Waals surface area (Å²) in [5.74, 6) is 0.0219. The first kappa shape index (κ1) is 12.7. The molecule has 20 heavy (non-hydrogen) atoms. The molecule has 0 saturated carbocycles. The molecule has 2 aromatic rings. The van der Waals surface area contributed by atoms with Crippen molar-refractivity contribution in [2.75, 3.05) is 20.1 Å². The van der Waals surface area contributed by atoms with Crippen molar-refractivity contribution in [3.63, 3.8) is 0 Å². The van der Waals surface area contributed by atoms with Gasteiger partial charge in [-0.2, -0.15) is 0 Å². The van der Waals surface area contributed by atoms with E-state index in [1.165, 1.54) is 11.0 Å². The van der Waals surface area contributed by atoms with E-state index >= 15 is 0 Å². The lowest BCUT2D eigenvalue weighted by Crippen LogP contribution is -2.38. The summed E-state index contributed by atoms with van der Waals surface area (Å²) in [6.07, 6.45) is 2.50. The monoisotopic (exact) mass is 272 g/mol. The van der Waals surface area contributed by atoms with Gasteiger partial charge in [-0.05, 0) is 41.6 Å². The smallest absolute Gasteiger partial charge is 0.253 e. The number of hydrogen-bond donors (Lipinski definition) is 1. The van der Waals surface area contributed by atoms with Gasteiger partial charge in [0.1, 0.15) is 6.33 Å². The molecule has 1 aliphatic rings. The zero-order valence-corrected chi connectivity index (χ0v) is 11.2. The molecule has 1 aromatic carbocycles. The molecule has 7 nitrogen and oxygen atoms in total. The summed E-state index contributed by atoms with van der Waals surface area (Å²) < 4.78 is 1.54. The van der Waals surface area contributed by atoms with Crippen molar-refractivity contribution >= 4 is 5.91 Å². The molecule has 1 aliphatic heterocycles. The second-order valence-electron chi connectivity index (χ2n) is 4.87. The molecule has 3 rings (SSSR count). The summed E-state index contributed by atoms with van der Waals surface area (Å²) in [6, 6.07) is 7.58. The summed E-state index contributed by atoms with van der Waals surface area (Å²) in [6.45, 7) is 1.82. The largest absolute Gasteiger partial charge is 0.337 e. The van der Waals surface area contributed by atoms with Crippen molar-refractivity contribution in [3.8, 4) is 5.69 Å². The number of rotatable bonds is 3. The normalized spacial score (nSPS) is 18.1. The van der Waals surface area contributed by atoms with Crippen LogP contribution < -0.4 is 5.32 Å². The van der Waals surface area contributed by atoms with Crippen LogP contribution in [0.2, 0.25) is 0 Å². The second kappa shape index (κ2) is 5.38. The van der Waals surface area contributed by atoms with Crippen LogP contribution in [0.5, 0.6) is 0 Å². The Labute approximate surface area is 116 Å². The predicted molar refractivity (Wildman–Crippen MR) is 72.5 cm³/mol. The Bertz CT molecular complexity index is 591. The van der Waals surface area contributed by atoms with Crippen LogP contribution >= 0.6 is 0 Å². The van der Waals surface area contributed by atoms with Crippen molar-refractivity contribution < 1.29 is 4.79 Å². The van der Waals surface area contributed by atoms with E-state index in [0.29, 0.717) is 5.56 Å². The van der Waals surface area contributed by atoms with E-state index in [1.54, 1.807) is 11.0 Å². The predicted octanol–water partition coefficient (Wildman–Crippen LogP) is 0.0962. The fourth-order valence-electron chi connectivity index (χ4n) is 2.40. The third-order valence-electron chi connectivity index (χ3n) is 3.61. The number of benzene rings is 1. The number of amides is 1. The lowest BCUT2D eigenvalue weighted by Gasteiger charge is -2.24. The number of nitrogens with zero attached hydrogens (tertiary/aromatic N) is 5. The lowest BCUT2D eigenvalue weighted by molar-refractivity contribution is 0.0744. The highest BCUT2D eigenvalue weighted by molar-refractivity contribution is 5.94. The van der Waals surface area contributed by atoms with Gasteiger partial charge in [0.25, 0.3) is 5.91 Å². The maximum absolute atomic E-state index is 12.5. The molecular weight excluding hydrogens is 256 g/mol. The molecule has 1 saturated heterocycles. The number of tetrazole rings is 1. The van der Waals surface area contributed by atoms with E-state index in [2.05, 4.69) is 20.8 Å². The fourth-order valence-corrected chi connectivity index (χ4v) is 2.40. The lowest BCUT2D eigenvalue weighted by atomic mass is 10.1. The first-order valence-corrected chi connectivity index (χ1v) is 6.57. The topological polar surface area (TPSA) is 75.9 Å². The van der Waals surface area contributed by atoms with Gasteiger partial charge in [0.2, 0.25) is 0 Å². The Morgan fingerprint density at radius 3 is 3.10 bits per heavy atom. The van der Waals surface area contributed by atoms with E-state index < -0.39 is 0 Å². The average molecular weight is 272 g/mol. The molecule has 1 fully saturated rings. The fraction of sp³-hybridized carbons (Fsp3) is 0.385. The van der Waals surface area contributed by atoms with Crippen molar-refractivity contribution in [1.82, 2.24) is 30.4 Å². The highest BCUT2D eigenvalue weighted by Gasteiger charge is 2.24. The Balaban J connectivity index is 1.83. The van der Waals surface area contributed by atoms with E-state index in [-0.39, 0.29) is 11.9 Å². The summed E-state index contributed by atoms with van der Waals surface area (Å²) >= 11 is 0. The van der Waals surface area contributed by atoms with Gasteiger partial charge in [-0.25, -0.2) is 4.68 Å². The molecule has 0 radical (unpaired) electrons. The Morgan fingerprint density at radius 2 is 2.40 bits per heavy atom. The van der Waals surface area contributed by atoms with E-state index in [1.807, 2.05) is 25.2 Å². The third-order valence-corrected chi connectivity index (χ3v) is 3.61. The van der Waals surface area contributed by atoms with Crippen molar-refractivity contribution in [3.05, 3.63) is 36.2 Å². The maximum atomic E-state index is 12.5. The van der Waals surface area contributed by atoms with E-state index in [4.69, 9.17) is 0 Å². The van der Waals surface area contributed by atoms with Crippen molar-refractivity contribution in [2.45, 2.75) is 12.5 Å². The number of aromatic nitrogens is 4. The summed E-state index contributed by atoms with van der Waals surface area (Å²) in [4.78, 5) is 14.3. The number of hydrogen-bond acceptors (Lipinski definition) is 5. The van der Waals surface area contributed by atoms with Crippen molar-refractivity contribution in [2.24, 2.45) is 0 Å². The molecule has 1 N–H and O–H groups in total. The number of nitrogens with one attached hydrogen (secondary N) is 1. The van der Waals surface area contributed by atoms with Gasteiger partial charge in [-0.1, -0.05) is 6.07 Å². The molecule has 0 spiro atoms. The first-order chi connectivity index (χ1) is 9.75. The van der Waals surface area contributed by atoms with Crippen molar-refractivity contribution in [1.29, 1.82) is 0 Å². The molecule has 1 atom stereocenters. The molecule has 7 heteroatoms. The maximum Gasteiger partial charge on any atom is 0.253 e. The highest BCUT2D eigenvalue weighted by Crippen LogP contribution is 2.14. The zero-order valence-electron chi connectivity index (χ0n) is 11.2. The molecule has 1 unspecified atom stereocenters. The van der Waals surface area contributed by atoms with Crippen LogP contribution in [0.15, 0.2) is 30.6 Å². The molecule has 0 aliphatic carbocycles. The minimum Gasteiger partial charge on any atom is -0.337 e. The van der Waals surface area contributed by atoms with Gasteiger partial charge in [-0.3, -0.25) is 4.79 Å². The molecule has 2 heterocycles. The third kappa shape index (κ3) is 2.39. The van der Waals surface area contributed by atoms with E-state index in [9.17, 15) is 4.79 Å². The minimum absolute atomic E-state index is 0.0219. The average Bonchev–Trinajstić information content (AvgIpc) is 3.18. The summed E-state index contributed by atoms with van der Waals surface area (Å²) in [5.41, 5.74) is 1.42. The molecule has 104 valence electrons. The van der Waals surface area contributed by atoms with Gasteiger partial charge in [0.15, 0.2) is 0 Å². The van der Waals surface area contributed by atoms with Crippen LogP contribution in [0.25, 0.3) is 5.69 Å². The quantitative estimate of drug-likeness (QED) is 0.857. The molecule has 0 bridgehead atoms. The SMILES string of the molecule is CN(C(=O)c1cccc(-n2cnnn2)c1)C1CCNC1. The molecule has 1 aromatic heterocycles. The van der Waals surface area contributed by atoms with Gasteiger partial charge in [-0.15, -0.1) is 5.10 Å². The first-order valence-electron chi connectivity index (χ1n) is 6.57. The number of carbonyl (C=O) groups is 1. The Kier molecular flexibility index (Phi) is 3.42. The standard InChI is InChI=1S/C13H16N6O/c1-18(12-5-6-14-8-12)13(20)10-3-2-4-11(7-10)19-9-15-16-17-19/h2-4,7,9,12,14H,5-6,8H2,1H3. The number of carbonyl (C=O) groups excluding carboxylic acids is 1. The zero-order chi connectivity index (χ0) is 13.9. The van der Waals surface area contributed by atoms with Crippen LogP contribution in [0.4, 0.5) is 0 Å². The molecular formula is C13H16N6O. The Morgan fingerprint density at radius 1 is 1.50 bits per heavy atom. The van der Waals surface area contributed by atoms with Gasteiger partial charge in [0, 0.05) is 25.2 Å². The van der Waals surface area contributed by atoms with Gasteiger partial charge in [0.05, 0.1) is 5.69 Å². The van der Waals surface area contributed by atoms with E-state index in [0.717, 1.165) is 25.2 Å². The van der Waals surface area contributed by atoms with Crippen LogP contribution in [-0.4, -0.2) is 57.2 Å². The van der Waals surface area contributed by atoms with Crippen LogP contribution in [0, 0.1) is 0 Å². The summed E-state index contributed by atoms with van der Waals surface area (Å²) in [7, 11) is 1.85. The minimum atomic E-state index is 0.0219. The van der Waals surface area contributed by atoms with Crippen LogP contribution in [-0.2, 0) is 0 Å². The van der Waals surface area contributed by atoms with Crippen LogP contribution in [0.1, 0.15) is 16.8 Å². The van der Waals surface area contributed by atoms with Crippen LogP contribution in [0.3, 0.4) is 0 Å². The second-order valence-corrected chi connectivity index (χ2v) is 4.87. The Hall–Kier alpha value is -2.28. The molecule has 1 amide bonds. The number of likely N-dealkylation sites (N-methyl/N-ethyl adjacent to an activating group) is 1. The summed E-state index contributed by atoms with van der Waals surface area (Å²) in [5, 5.41) is 14.3.